The van der Waals surface area contributed by atoms with Crippen molar-refractivity contribution in [3.8, 4) is 5.19 Å². The largest absolute Gasteiger partial charge is 0.481 e. The number of nitrogens with zero attached hydrogens (tertiary/aromatic N) is 2. The van der Waals surface area contributed by atoms with Crippen molar-refractivity contribution in [2.24, 2.45) is 17.6 Å². The number of fused-ring (bicyclic) bond motifs is 1. The number of benzene rings is 2. The molecule has 1 aliphatic heterocycles. The number of para-hydroxylation sites is 1. The van der Waals surface area contributed by atoms with Gasteiger partial charge in [-0.3, -0.25) is 14.4 Å². The predicted molar refractivity (Wildman–Crippen MR) is 162 cm³/mol. The van der Waals surface area contributed by atoms with E-state index >= 15 is 0 Å². The Morgan fingerprint density at radius 3 is 2.62 bits per heavy atom. The lowest BCUT2D eigenvalue weighted by Gasteiger charge is -2.28. The Labute approximate surface area is 249 Å². The third kappa shape index (κ3) is 7.74. The summed E-state index contributed by atoms with van der Waals surface area (Å²) in [5.74, 6) is -1.43. The molecule has 1 saturated heterocycles. The molecule has 1 saturated carbocycles. The van der Waals surface area contributed by atoms with Crippen LogP contribution in [0.25, 0.3) is 10.2 Å². The van der Waals surface area contributed by atoms with Gasteiger partial charge in [-0.15, -0.1) is 0 Å². The number of aliphatic carboxylic acids is 1. The molecule has 0 bridgehead atoms. The van der Waals surface area contributed by atoms with Crippen LogP contribution in [0, 0.1) is 11.8 Å². The van der Waals surface area contributed by atoms with E-state index in [1.807, 2.05) is 60.7 Å². The van der Waals surface area contributed by atoms with Crippen molar-refractivity contribution < 1.29 is 24.2 Å². The van der Waals surface area contributed by atoms with Crippen molar-refractivity contribution in [3.63, 3.8) is 0 Å². The average Bonchev–Trinajstić information content (AvgIpc) is 3.46. The van der Waals surface area contributed by atoms with Gasteiger partial charge in [0.05, 0.1) is 28.7 Å². The second kappa shape index (κ2) is 13.9. The van der Waals surface area contributed by atoms with Gasteiger partial charge in [-0.25, -0.2) is 4.98 Å². The number of hydrogen-bond donors (Lipinski definition) is 3. The summed E-state index contributed by atoms with van der Waals surface area (Å²) >= 11 is 1.44. The molecule has 2 unspecified atom stereocenters. The highest BCUT2D eigenvalue weighted by Crippen LogP contribution is 2.39. The van der Waals surface area contributed by atoms with Gasteiger partial charge in [0.2, 0.25) is 11.8 Å². The molecule has 9 nitrogen and oxygen atoms in total. The van der Waals surface area contributed by atoms with Crippen LogP contribution in [0.5, 0.6) is 5.19 Å². The number of carboxylic acids is 1. The van der Waals surface area contributed by atoms with Crippen molar-refractivity contribution in [2.75, 3.05) is 6.54 Å². The normalized spacial score (nSPS) is 22.4. The zero-order chi connectivity index (χ0) is 29.5. The third-order valence-corrected chi connectivity index (χ3v) is 8.94. The standard InChI is InChI=1S/C32H38N4O5S/c33-29(37)27-18-23(41-32-35-25-14-9-10-16-28(25)42-32)20-36(27)30(38)26(34-19-21-11-5-4-6-12-21)15-8-3-1-2-7-13-22-17-24(22)31(39)40/h4-7,9-14,16,22-24,26-27,34H,1-3,8,15,17-20H2,(H2,33,37)(H,39,40)/b13-7-/t22-,23?,24+,26?,27+/m1/s1. The van der Waals surface area contributed by atoms with E-state index in [1.54, 1.807) is 4.90 Å². The first-order chi connectivity index (χ1) is 20.4. The third-order valence-electron chi connectivity index (χ3n) is 8.01. The summed E-state index contributed by atoms with van der Waals surface area (Å²) in [6, 6.07) is 16.5. The molecule has 42 heavy (non-hydrogen) atoms. The topological polar surface area (TPSA) is 135 Å². The quantitative estimate of drug-likeness (QED) is 0.175. The number of primary amides is 1. The number of allylic oxidation sites excluding steroid dienone is 2. The number of nitrogens with two attached hydrogens (primary N) is 1. The molecule has 2 amide bonds. The van der Waals surface area contributed by atoms with Gasteiger partial charge < -0.3 is 25.8 Å². The lowest BCUT2D eigenvalue weighted by Crippen LogP contribution is -2.51. The van der Waals surface area contributed by atoms with Gasteiger partial charge >= 0.3 is 5.97 Å². The molecule has 1 aromatic heterocycles. The molecular weight excluding hydrogens is 552 g/mol. The van der Waals surface area contributed by atoms with Crippen LogP contribution in [0.2, 0.25) is 0 Å². The fourth-order valence-electron chi connectivity index (χ4n) is 5.56. The Morgan fingerprint density at radius 1 is 1.10 bits per heavy atom. The SMILES string of the molecule is NC(=O)[C@@H]1CC(Oc2nc3ccccc3s2)CN1C(=O)C(CCCCC/C=C\[C@@H]1C[C@@H]1C(=O)O)NCc1ccccc1. The number of hydrogen-bond acceptors (Lipinski definition) is 7. The minimum Gasteiger partial charge on any atom is -0.481 e. The van der Waals surface area contributed by atoms with Crippen LogP contribution in [0.4, 0.5) is 0 Å². The fourth-order valence-corrected chi connectivity index (χ4v) is 6.44. The minimum absolute atomic E-state index is 0.140. The highest BCUT2D eigenvalue weighted by Gasteiger charge is 2.42. The van der Waals surface area contributed by atoms with Gasteiger partial charge in [0.25, 0.3) is 5.19 Å². The molecule has 10 heteroatoms. The molecular formula is C32H38N4O5S. The van der Waals surface area contributed by atoms with E-state index in [-0.39, 0.29) is 30.4 Å². The molecule has 2 aromatic carbocycles. The lowest BCUT2D eigenvalue weighted by atomic mass is 10.0. The van der Waals surface area contributed by atoms with Gasteiger partial charge in [-0.1, -0.05) is 78.8 Å². The molecule has 1 aliphatic carbocycles. The molecule has 5 atom stereocenters. The van der Waals surface area contributed by atoms with Crippen molar-refractivity contribution in [1.82, 2.24) is 15.2 Å². The number of rotatable bonds is 15. The first kappa shape index (κ1) is 29.7. The van der Waals surface area contributed by atoms with E-state index in [9.17, 15) is 14.4 Å². The van der Waals surface area contributed by atoms with E-state index in [0.29, 0.717) is 24.6 Å². The second-order valence-corrected chi connectivity index (χ2v) is 12.2. The highest BCUT2D eigenvalue weighted by atomic mass is 32.1. The molecule has 5 rings (SSSR count). The van der Waals surface area contributed by atoms with E-state index < -0.39 is 24.0 Å². The maximum absolute atomic E-state index is 13.9. The number of carbonyl (C=O) groups is 3. The average molecular weight is 591 g/mol. The molecule has 222 valence electrons. The maximum Gasteiger partial charge on any atom is 0.307 e. The number of amides is 2. The second-order valence-electron chi connectivity index (χ2n) is 11.2. The van der Waals surface area contributed by atoms with Crippen molar-refractivity contribution >= 4 is 39.3 Å². The van der Waals surface area contributed by atoms with Gasteiger partial charge in [0.1, 0.15) is 12.1 Å². The van der Waals surface area contributed by atoms with Gasteiger partial charge in [0, 0.05) is 13.0 Å². The predicted octanol–water partition coefficient (Wildman–Crippen LogP) is 4.52. The molecule has 2 fully saturated rings. The smallest absolute Gasteiger partial charge is 0.307 e. The Balaban J connectivity index is 1.18. The first-order valence-corrected chi connectivity index (χ1v) is 15.5. The monoisotopic (exact) mass is 590 g/mol. The van der Waals surface area contributed by atoms with Crippen LogP contribution in [0.15, 0.2) is 66.7 Å². The first-order valence-electron chi connectivity index (χ1n) is 14.7. The Morgan fingerprint density at radius 2 is 1.88 bits per heavy atom. The van der Waals surface area contributed by atoms with Crippen LogP contribution in [-0.4, -0.2) is 57.5 Å². The van der Waals surface area contributed by atoms with E-state index in [1.165, 1.54) is 11.3 Å². The molecule has 3 aromatic rings. The number of nitrogens with one attached hydrogen (secondary N) is 1. The van der Waals surface area contributed by atoms with Crippen LogP contribution < -0.4 is 15.8 Å². The fraction of sp³-hybridized carbons (Fsp3) is 0.438. The van der Waals surface area contributed by atoms with E-state index in [4.69, 9.17) is 15.6 Å². The van der Waals surface area contributed by atoms with E-state index in [2.05, 4.69) is 16.4 Å². The van der Waals surface area contributed by atoms with Gasteiger partial charge in [-0.2, -0.15) is 0 Å². The summed E-state index contributed by atoms with van der Waals surface area (Å²) in [5.41, 5.74) is 7.69. The summed E-state index contributed by atoms with van der Waals surface area (Å²) in [7, 11) is 0. The molecule has 2 aliphatic rings. The van der Waals surface area contributed by atoms with Crippen LogP contribution in [-0.2, 0) is 20.9 Å². The number of thiazole rings is 1. The minimum atomic E-state index is -0.736. The van der Waals surface area contributed by atoms with Gasteiger partial charge in [0.15, 0.2) is 0 Å². The molecule has 4 N–H and O–H groups in total. The molecule has 2 heterocycles. The number of unbranched alkanes of at least 4 members (excludes halogenated alkanes) is 3. The number of carbonyl (C=O) groups excluding carboxylic acids is 2. The van der Waals surface area contributed by atoms with Crippen LogP contribution in [0.3, 0.4) is 0 Å². The van der Waals surface area contributed by atoms with E-state index in [0.717, 1.165) is 47.9 Å². The zero-order valence-corrected chi connectivity index (χ0v) is 24.4. The van der Waals surface area contributed by atoms with Crippen molar-refractivity contribution in [1.29, 1.82) is 0 Å². The summed E-state index contributed by atoms with van der Waals surface area (Å²) in [4.78, 5) is 43.4. The summed E-state index contributed by atoms with van der Waals surface area (Å²) in [5, 5.41) is 13.0. The molecule has 0 radical (unpaired) electrons. The summed E-state index contributed by atoms with van der Waals surface area (Å²) < 4.78 is 7.17. The Kier molecular flexibility index (Phi) is 9.86. The number of likely N-dealkylation sites (tertiary alicyclic amines) is 1. The Bertz CT molecular complexity index is 1380. The summed E-state index contributed by atoms with van der Waals surface area (Å²) in [6.45, 7) is 0.808. The number of carboxylic acid groups (broad SMARTS) is 1. The lowest BCUT2D eigenvalue weighted by molar-refractivity contribution is -0.139. The van der Waals surface area contributed by atoms with Crippen LogP contribution in [0.1, 0.15) is 50.5 Å². The highest BCUT2D eigenvalue weighted by molar-refractivity contribution is 7.20. The summed E-state index contributed by atoms with van der Waals surface area (Å²) in [6.07, 6.45) is 9.06. The number of aromatic nitrogens is 1. The van der Waals surface area contributed by atoms with Crippen molar-refractivity contribution in [3.05, 3.63) is 72.3 Å². The van der Waals surface area contributed by atoms with Gasteiger partial charge in [-0.05, 0) is 49.3 Å². The maximum atomic E-state index is 13.9. The van der Waals surface area contributed by atoms with Crippen LogP contribution >= 0.6 is 11.3 Å². The zero-order valence-electron chi connectivity index (χ0n) is 23.6. The molecule has 0 spiro atoms. The number of ether oxygens (including phenoxy) is 1. The Hall–Kier alpha value is -3.76. The van der Waals surface area contributed by atoms with Crippen molar-refractivity contribution in [2.45, 2.75) is 69.7 Å².